The van der Waals surface area contributed by atoms with Crippen molar-refractivity contribution in [3.8, 4) is 11.6 Å². The van der Waals surface area contributed by atoms with Crippen LogP contribution >= 0.6 is 0 Å². The quantitative estimate of drug-likeness (QED) is 0.527. The SMILES string of the molecule is FC(F)COc1cccc(CNc2ncnc3c2cnn3-c2ccccc2)n1. The number of rotatable bonds is 7. The molecule has 0 radical (unpaired) electrons. The number of ether oxygens (including phenoxy) is 1. The molecular formula is C19H16F2N6O. The molecule has 0 saturated heterocycles. The third-order valence-electron chi connectivity index (χ3n) is 3.94. The predicted molar refractivity (Wildman–Crippen MR) is 99.7 cm³/mol. The maximum Gasteiger partial charge on any atom is 0.272 e. The van der Waals surface area contributed by atoms with Gasteiger partial charge in [-0.25, -0.2) is 28.4 Å². The van der Waals surface area contributed by atoms with Crippen LogP contribution in [-0.4, -0.2) is 37.8 Å². The lowest BCUT2D eigenvalue weighted by atomic mass is 10.3. The molecule has 0 aliphatic heterocycles. The number of halogens is 2. The summed E-state index contributed by atoms with van der Waals surface area (Å²) < 4.78 is 31.2. The van der Waals surface area contributed by atoms with Crippen LogP contribution in [0.15, 0.2) is 61.1 Å². The van der Waals surface area contributed by atoms with E-state index in [1.165, 1.54) is 6.33 Å². The minimum absolute atomic E-state index is 0.157. The second-order valence-corrected chi connectivity index (χ2v) is 5.87. The standard InChI is InChI=1S/C19H16F2N6O/c20-16(21)11-28-17-8-4-5-13(26-17)9-22-18-15-10-25-27(19(15)24-12-23-18)14-6-2-1-3-7-14/h1-8,10,12,16H,9,11H2,(H,22,23,24). The Morgan fingerprint density at radius 2 is 1.89 bits per heavy atom. The van der Waals surface area contributed by atoms with Crippen molar-refractivity contribution < 1.29 is 13.5 Å². The third-order valence-corrected chi connectivity index (χ3v) is 3.94. The van der Waals surface area contributed by atoms with Gasteiger partial charge in [-0.3, -0.25) is 0 Å². The van der Waals surface area contributed by atoms with Crippen molar-refractivity contribution in [3.05, 3.63) is 66.7 Å². The predicted octanol–water partition coefficient (Wildman–Crippen LogP) is 3.47. The van der Waals surface area contributed by atoms with E-state index in [0.717, 1.165) is 11.1 Å². The first-order chi connectivity index (χ1) is 13.7. The maximum atomic E-state index is 12.3. The molecule has 0 amide bonds. The molecule has 3 aromatic heterocycles. The first-order valence-corrected chi connectivity index (χ1v) is 8.55. The van der Waals surface area contributed by atoms with Gasteiger partial charge in [0.2, 0.25) is 5.88 Å². The van der Waals surface area contributed by atoms with Crippen molar-refractivity contribution in [1.29, 1.82) is 0 Å². The molecule has 0 fully saturated rings. The van der Waals surface area contributed by atoms with Gasteiger partial charge in [0.05, 0.1) is 29.5 Å². The number of benzene rings is 1. The van der Waals surface area contributed by atoms with Gasteiger partial charge in [0, 0.05) is 6.07 Å². The zero-order chi connectivity index (χ0) is 19.3. The van der Waals surface area contributed by atoms with E-state index in [0.29, 0.717) is 23.7 Å². The molecule has 1 N–H and O–H groups in total. The molecule has 4 aromatic rings. The molecule has 28 heavy (non-hydrogen) atoms. The number of para-hydroxylation sites is 1. The lowest BCUT2D eigenvalue weighted by Crippen LogP contribution is -2.09. The topological polar surface area (TPSA) is 77.8 Å². The Morgan fingerprint density at radius 1 is 1.04 bits per heavy atom. The first kappa shape index (κ1) is 17.8. The van der Waals surface area contributed by atoms with Gasteiger partial charge in [-0.15, -0.1) is 0 Å². The van der Waals surface area contributed by atoms with Crippen LogP contribution in [0.1, 0.15) is 5.69 Å². The lowest BCUT2D eigenvalue weighted by molar-refractivity contribution is 0.0795. The normalized spacial score (nSPS) is 11.1. The van der Waals surface area contributed by atoms with E-state index in [9.17, 15) is 8.78 Å². The highest BCUT2D eigenvalue weighted by atomic mass is 19.3. The molecular weight excluding hydrogens is 366 g/mol. The molecule has 4 rings (SSSR count). The number of nitrogens with zero attached hydrogens (tertiary/aromatic N) is 5. The number of fused-ring (bicyclic) bond motifs is 1. The molecule has 142 valence electrons. The van der Waals surface area contributed by atoms with Crippen LogP contribution in [0.4, 0.5) is 14.6 Å². The van der Waals surface area contributed by atoms with Crippen molar-refractivity contribution in [3.63, 3.8) is 0 Å². The van der Waals surface area contributed by atoms with Gasteiger partial charge in [-0.1, -0.05) is 24.3 Å². The zero-order valence-electron chi connectivity index (χ0n) is 14.7. The summed E-state index contributed by atoms with van der Waals surface area (Å²) >= 11 is 0. The zero-order valence-corrected chi connectivity index (χ0v) is 14.7. The number of hydrogen-bond acceptors (Lipinski definition) is 6. The Balaban J connectivity index is 1.53. The number of nitrogens with one attached hydrogen (secondary N) is 1. The molecule has 0 bridgehead atoms. The van der Waals surface area contributed by atoms with Gasteiger partial charge >= 0.3 is 0 Å². The number of aromatic nitrogens is 5. The van der Waals surface area contributed by atoms with Crippen molar-refractivity contribution in [2.45, 2.75) is 13.0 Å². The van der Waals surface area contributed by atoms with Crippen LogP contribution in [0, 0.1) is 0 Å². The molecule has 0 atom stereocenters. The first-order valence-electron chi connectivity index (χ1n) is 8.55. The van der Waals surface area contributed by atoms with Crippen molar-refractivity contribution >= 4 is 16.9 Å². The van der Waals surface area contributed by atoms with Crippen LogP contribution in [0.2, 0.25) is 0 Å². The van der Waals surface area contributed by atoms with Gasteiger partial charge in [0.15, 0.2) is 12.3 Å². The highest BCUT2D eigenvalue weighted by Crippen LogP contribution is 2.22. The summed E-state index contributed by atoms with van der Waals surface area (Å²) in [4.78, 5) is 12.8. The van der Waals surface area contributed by atoms with E-state index in [1.54, 1.807) is 29.1 Å². The summed E-state index contributed by atoms with van der Waals surface area (Å²) in [5.74, 6) is 0.761. The molecule has 0 aliphatic rings. The Hall–Kier alpha value is -3.62. The Kier molecular flexibility index (Phi) is 5.05. The van der Waals surface area contributed by atoms with Crippen molar-refractivity contribution in [2.75, 3.05) is 11.9 Å². The smallest absolute Gasteiger partial charge is 0.272 e. The van der Waals surface area contributed by atoms with Crippen molar-refractivity contribution in [1.82, 2.24) is 24.7 Å². The van der Waals surface area contributed by atoms with Crippen LogP contribution in [0.25, 0.3) is 16.7 Å². The van der Waals surface area contributed by atoms with E-state index < -0.39 is 13.0 Å². The lowest BCUT2D eigenvalue weighted by Gasteiger charge is -2.09. The minimum atomic E-state index is -2.54. The molecule has 0 aliphatic carbocycles. The molecule has 3 heterocycles. The molecule has 0 unspecified atom stereocenters. The van der Waals surface area contributed by atoms with Gasteiger partial charge in [0.25, 0.3) is 6.43 Å². The van der Waals surface area contributed by atoms with Gasteiger partial charge in [0.1, 0.15) is 12.1 Å². The van der Waals surface area contributed by atoms with E-state index in [1.807, 2.05) is 30.3 Å². The fourth-order valence-corrected chi connectivity index (χ4v) is 2.70. The van der Waals surface area contributed by atoms with Crippen LogP contribution < -0.4 is 10.1 Å². The number of alkyl halides is 2. The third kappa shape index (κ3) is 3.88. The Labute approximate surface area is 159 Å². The molecule has 0 spiro atoms. The van der Waals surface area contributed by atoms with Gasteiger partial charge in [-0.2, -0.15) is 5.10 Å². The molecule has 0 saturated carbocycles. The van der Waals surface area contributed by atoms with E-state index in [-0.39, 0.29) is 5.88 Å². The van der Waals surface area contributed by atoms with E-state index in [4.69, 9.17) is 4.74 Å². The minimum Gasteiger partial charge on any atom is -0.472 e. The summed E-state index contributed by atoms with van der Waals surface area (Å²) in [7, 11) is 0. The van der Waals surface area contributed by atoms with Crippen LogP contribution in [-0.2, 0) is 6.54 Å². The number of anilines is 1. The summed E-state index contributed by atoms with van der Waals surface area (Å²) in [5, 5.41) is 8.35. The number of hydrogen-bond donors (Lipinski definition) is 1. The molecule has 1 aromatic carbocycles. The highest BCUT2D eigenvalue weighted by Gasteiger charge is 2.11. The van der Waals surface area contributed by atoms with Crippen molar-refractivity contribution in [2.24, 2.45) is 0 Å². The highest BCUT2D eigenvalue weighted by molar-refractivity contribution is 5.87. The fourth-order valence-electron chi connectivity index (χ4n) is 2.70. The summed E-state index contributed by atoms with van der Waals surface area (Å²) in [6.07, 6.45) is 0.612. The van der Waals surface area contributed by atoms with Gasteiger partial charge < -0.3 is 10.1 Å². The van der Waals surface area contributed by atoms with E-state index >= 15 is 0 Å². The fraction of sp³-hybridized carbons (Fsp3) is 0.158. The maximum absolute atomic E-state index is 12.3. The average molecular weight is 382 g/mol. The Morgan fingerprint density at radius 3 is 2.71 bits per heavy atom. The second kappa shape index (κ2) is 7.95. The summed E-state index contributed by atoms with van der Waals surface area (Å²) in [6, 6.07) is 14.7. The van der Waals surface area contributed by atoms with Crippen LogP contribution in [0.5, 0.6) is 5.88 Å². The average Bonchev–Trinajstić information content (AvgIpc) is 3.16. The molecule has 9 heteroatoms. The largest absolute Gasteiger partial charge is 0.472 e. The van der Waals surface area contributed by atoms with E-state index in [2.05, 4.69) is 25.4 Å². The summed E-state index contributed by atoms with van der Waals surface area (Å²) in [5.41, 5.74) is 2.20. The second-order valence-electron chi connectivity index (χ2n) is 5.87. The van der Waals surface area contributed by atoms with Crippen LogP contribution in [0.3, 0.4) is 0 Å². The molecule has 7 nitrogen and oxygen atoms in total. The van der Waals surface area contributed by atoms with Gasteiger partial charge in [-0.05, 0) is 18.2 Å². The number of pyridine rings is 1. The Bertz CT molecular complexity index is 1070. The monoisotopic (exact) mass is 382 g/mol. The summed E-state index contributed by atoms with van der Waals surface area (Å²) in [6.45, 7) is -0.344.